The maximum atomic E-state index is 5.29. The highest BCUT2D eigenvalue weighted by molar-refractivity contribution is 5.74. The molecule has 1 aromatic heterocycles. The molecule has 0 fully saturated rings. The first kappa shape index (κ1) is 13.1. The SMILES string of the molecule is CCOCCCNCCn1cnc2ccccc21. The van der Waals surface area contributed by atoms with Crippen LogP contribution < -0.4 is 5.32 Å². The minimum atomic E-state index is 0.807. The molecule has 0 aliphatic rings. The Balaban J connectivity index is 1.70. The predicted molar refractivity (Wildman–Crippen MR) is 73.7 cm³/mol. The molecule has 0 unspecified atom stereocenters. The number of fused-ring (bicyclic) bond motifs is 1. The summed E-state index contributed by atoms with van der Waals surface area (Å²) in [6.07, 6.45) is 2.98. The summed E-state index contributed by atoms with van der Waals surface area (Å²) in [7, 11) is 0. The predicted octanol–water partition coefficient (Wildman–Crippen LogP) is 2.05. The minimum Gasteiger partial charge on any atom is -0.382 e. The van der Waals surface area contributed by atoms with Gasteiger partial charge >= 0.3 is 0 Å². The van der Waals surface area contributed by atoms with Crippen LogP contribution in [0.25, 0.3) is 11.0 Å². The van der Waals surface area contributed by atoms with Gasteiger partial charge in [0.25, 0.3) is 0 Å². The van der Waals surface area contributed by atoms with Gasteiger partial charge in [-0.15, -0.1) is 0 Å². The van der Waals surface area contributed by atoms with E-state index in [0.717, 1.165) is 44.8 Å². The summed E-state index contributed by atoms with van der Waals surface area (Å²) in [6, 6.07) is 8.22. The number of hydrogen-bond donors (Lipinski definition) is 1. The van der Waals surface area contributed by atoms with Crippen LogP contribution in [0, 0.1) is 0 Å². The second kappa shape index (κ2) is 7.13. The van der Waals surface area contributed by atoms with Crippen molar-refractivity contribution in [2.45, 2.75) is 19.9 Å². The van der Waals surface area contributed by atoms with Crippen molar-refractivity contribution < 1.29 is 4.74 Å². The molecule has 18 heavy (non-hydrogen) atoms. The zero-order valence-corrected chi connectivity index (χ0v) is 10.9. The van der Waals surface area contributed by atoms with E-state index < -0.39 is 0 Å². The maximum Gasteiger partial charge on any atom is 0.0958 e. The first-order valence-corrected chi connectivity index (χ1v) is 6.60. The van der Waals surface area contributed by atoms with Gasteiger partial charge in [0.05, 0.1) is 17.4 Å². The first-order valence-electron chi connectivity index (χ1n) is 6.60. The Kier molecular flexibility index (Phi) is 5.17. The highest BCUT2D eigenvalue weighted by Gasteiger charge is 1.99. The number of nitrogens with zero attached hydrogens (tertiary/aromatic N) is 2. The topological polar surface area (TPSA) is 39.1 Å². The molecule has 0 saturated heterocycles. The molecule has 0 bridgehead atoms. The second-order valence-electron chi connectivity index (χ2n) is 4.23. The molecular weight excluding hydrogens is 226 g/mol. The van der Waals surface area contributed by atoms with E-state index in [1.54, 1.807) is 0 Å². The number of nitrogens with one attached hydrogen (secondary N) is 1. The molecule has 1 heterocycles. The van der Waals surface area contributed by atoms with Crippen LogP contribution in [-0.4, -0.2) is 35.9 Å². The Hall–Kier alpha value is -1.39. The van der Waals surface area contributed by atoms with Gasteiger partial charge in [-0.3, -0.25) is 0 Å². The highest BCUT2D eigenvalue weighted by Crippen LogP contribution is 2.10. The number of para-hydroxylation sites is 2. The van der Waals surface area contributed by atoms with Crippen molar-refractivity contribution in [3.63, 3.8) is 0 Å². The fraction of sp³-hybridized carbons (Fsp3) is 0.500. The van der Waals surface area contributed by atoms with Gasteiger partial charge in [-0.05, 0) is 32.0 Å². The number of imidazole rings is 1. The largest absolute Gasteiger partial charge is 0.382 e. The lowest BCUT2D eigenvalue weighted by atomic mass is 10.3. The van der Waals surface area contributed by atoms with Gasteiger partial charge in [0.2, 0.25) is 0 Å². The first-order chi connectivity index (χ1) is 8.92. The molecular formula is C14H21N3O. The third kappa shape index (κ3) is 3.55. The standard InChI is InChI=1S/C14H21N3O/c1-2-18-11-5-8-15-9-10-17-12-16-13-6-3-4-7-14(13)17/h3-4,6-7,12,15H,2,5,8-11H2,1H3. The van der Waals surface area contributed by atoms with Crippen molar-refractivity contribution in [3.05, 3.63) is 30.6 Å². The van der Waals surface area contributed by atoms with Gasteiger partial charge in [-0.25, -0.2) is 4.98 Å². The van der Waals surface area contributed by atoms with Crippen LogP contribution >= 0.6 is 0 Å². The lowest BCUT2D eigenvalue weighted by Gasteiger charge is -2.06. The molecule has 4 heteroatoms. The van der Waals surface area contributed by atoms with Gasteiger partial charge in [0.1, 0.15) is 0 Å². The molecule has 0 radical (unpaired) electrons. The summed E-state index contributed by atoms with van der Waals surface area (Å²) in [5, 5.41) is 3.42. The van der Waals surface area contributed by atoms with Crippen molar-refractivity contribution >= 4 is 11.0 Å². The Labute approximate surface area is 108 Å². The lowest BCUT2D eigenvalue weighted by Crippen LogP contribution is -2.21. The number of aromatic nitrogens is 2. The van der Waals surface area contributed by atoms with Crippen LogP contribution in [-0.2, 0) is 11.3 Å². The lowest BCUT2D eigenvalue weighted by molar-refractivity contribution is 0.145. The summed E-state index contributed by atoms with van der Waals surface area (Å²) in [6.45, 7) is 6.60. The van der Waals surface area contributed by atoms with Gasteiger partial charge in [-0.1, -0.05) is 12.1 Å². The molecule has 0 spiro atoms. The van der Waals surface area contributed by atoms with Gasteiger partial charge < -0.3 is 14.6 Å². The van der Waals surface area contributed by atoms with Crippen molar-refractivity contribution in [1.82, 2.24) is 14.9 Å². The monoisotopic (exact) mass is 247 g/mol. The normalized spacial score (nSPS) is 11.2. The quantitative estimate of drug-likeness (QED) is 0.726. The van der Waals surface area contributed by atoms with Crippen molar-refractivity contribution in [1.29, 1.82) is 0 Å². The van der Waals surface area contributed by atoms with E-state index in [4.69, 9.17) is 4.74 Å². The van der Waals surface area contributed by atoms with E-state index >= 15 is 0 Å². The summed E-state index contributed by atoms with van der Waals surface area (Å²) in [4.78, 5) is 4.37. The summed E-state index contributed by atoms with van der Waals surface area (Å²) in [5.74, 6) is 0. The molecule has 0 aliphatic carbocycles. The van der Waals surface area contributed by atoms with E-state index in [1.807, 2.05) is 25.4 Å². The molecule has 0 atom stereocenters. The molecule has 2 rings (SSSR count). The number of rotatable bonds is 8. The Morgan fingerprint density at radius 2 is 2.17 bits per heavy atom. The molecule has 0 amide bonds. The van der Waals surface area contributed by atoms with Crippen molar-refractivity contribution in [3.8, 4) is 0 Å². The molecule has 1 aromatic carbocycles. The van der Waals surface area contributed by atoms with Gasteiger partial charge in [-0.2, -0.15) is 0 Å². The second-order valence-corrected chi connectivity index (χ2v) is 4.23. The van der Waals surface area contributed by atoms with E-state index in [1.165, 1.54) is 5.52 Å². The molecule has 98 valence electrons. The number of hydrogen-bond acceptors (Lipinski definition) is 3. The Morgan fingerprint density at radius 3 is 3.06 bits per heavy atom. The third-order valence-electron chi connectivity index (χ3n) is 2.90. The Bertz CT molecular complexity index is 467. The average molecular weight is 247 g/mol. The molecule has 1 N–H and O–H groups in total. The molecule has 4 nitrogen and oxygen atoms in total. The van der Waals surface area contributed by atoms with Crippen LogP contribution in [0.2, 0.25) is 0 Å². The summed E-state index contributed by atoms with van der Waals surface area (Å²) < 4.78 is 7.47. The van der Waals surface area contributed by atoms with E-state index in [0.29, 0.717) is 0 Å². The summed E-state index contributed by atoms with van der Waals surface area (Å²) >= 11 is 0. The molecule has 0 aliphatic heterocycles. The summed E-state index contributed by atoms with van der Waals surface area (Å²) in [5.41, 5.74) is 2.27. The number of ether oxygens (including phenoxy) is 1. The third-order valence-corrected chi connectivity index (χ3v) is 2.90. The highest BCUT2D eigenvalue weighted by atomic mass is 16.5. The van der Waals surface area contributed by atoms with E-state index in [2.05, 4.69) is 27.0 Å². The van der Waals surface area contributed by atoms with Crippen LogP contribution in [0.4, 0.5) is 0 Å². The zero-order valence-electron chi connectivity index (χ0n) is 10.9. The van der Waals surface area contributed by atoms with E-state index in [-0.39, 0.29) is 0 Å². The smallest absolute Gasteiger partial charge is 0.0958 e. The van der Waals surface area contributed by atoms with E-state index in [9.17, 15) is 0 Å². The van der Waals surface area contributed by atoms with Crippen molar-refractivity contribution in [2.24, 2.45) is 0 Å². The maximum absolute atomic E-state index is 5.29. The van der Waals surface area contributed by atoms with Crippen LogP contribution in [0.15, 0.2) is 30.6 Å². The van der Waals surface area contributed by atoms with Gasteiger partial charge in [0, 0.05) is 26.3 Å². The molecule has 0 saturated carbocycles. The van der Waals surface area contributed by atoms with Crippen LogP contribution in [0.5, 0.6) is 0 Å². The van der Waals surface area contributed by atoms with Crippen molar-refractivity contribution in [2.75, 3.05) is 26.3 Å². The average Bonchev–Trinajstić information content (AvgIpc) is 2.81. The van der Waals surface area contributed by atoms with Gasteiger partial charge in [0.15, 0.2) is 0 Å². The molecule has 2 aromatic rings. The van der Waals surface area contributed by atoms with Crippen LogP contribution in [0.1, 0.15) is 13.3 Å². The zero-order chi connectivity index (χ0) is 12.6. The Morgan fingerprint density at radius 1 is 1.28 bits per heavy atom. The number of benzene rings is 1. The fourth-order valence-corrected chi connectivity index (χ4v) is 1.96. The van der Waals surface area contributed by atoms with Crippen LogP contribution in [0.3, 0.4) is 0 Å². The minimum absolute atomic E-state index is 0.807. The fourth-order valence-electron chi connectivity index (χ4n) is 1.96.